The number of halogens is 1. The lowest BCUT2D eigenvalue weighted by molar-refractivity contribution is -0.123. The van der Waals surface area contributed by atoms with Crippen molar-refractivity contribution >= 4 is 29.1 Å². The maximum atomic E-state index is 12.3. The second-order valence-electron chi connectivity index (χ2n) is 7.50. The van der Waals surface area contributed by atoms with Gasteiger partial charge in [0.1, 0.15) is 0 Å². The number of nitrogens with zero attached hydrogens (tertiary/aromatic N) is 2. The summed E-state index contributed by atoms with van der Waals surface area (Å²) in [6, 6.07) is 17.4. The van der Waals surface area contributed by atoms with Gasteiger partial charge in [-0.3, -0.25) is 19.4 Å². The fourth-order valence-electron chi connectivity index (χ4n) is 3.49. The van der Waals surface area contributed by atoms with Gasteiger partial charge in [0.2, 0.25) is 11.8 Å². The molecular formula is C22H27ClN4O2. The predicted molar refractivity (Wildman–Crippen MR) is 116 cm³/mol. The topological polar surface area (TPSA) is 64.7 Å². The summed E-state index contributed by atoms with van der Waals surface area (Å²) >= 11 is 5.84. The van der Waals surface area contributed by atoms with Gasteiger partial charge in [-0.2, -0.15) is 0 Å². The quantitative estimate of drug-likeness (QED) is 0.697. The second-order valence-corrected chi connectivity index (χ2v) is 7.94. The molecule has 29 heavy (non-hydrogen) atoms. The highest BCUT2D eigenvalue weighted by Gasteiger charge is 2.24. The van der Waals surface area contributed by atoms with Gasteiger partial charge in [-0.1, -0.05) is 41.9 Å². The summed E-state index contributed by atoms with van der Waals surface area (Å²) in [5, 5.41) is 6.50. The average Bonchev–Trinajstić information content (AvgIpc) is 3.10. The molecule has 0 aromatic heterocycles. The first-order valence-corrected chi connectivity index (χ1v) is 10.2. The van der Waals surface area contributed by atoms with Gasteiger partial charge in [0.05, 0.1) is 13.1 Å². The van der Waals surface area contributed by atoms with Crippen LogP contribution in [-0.2, 0) is 16.1 Å². The van der Waals surface area contributed by atoms with Gasteiger partial charge in [-0.05, 0) is 43.3 Å². The van der Waals surface area contributed by atoms with Gasteiger partial charge >= 0.3 is 0 Å². The number of amides is 2. The Morgan fingerprint density at radius 1 is 1.07 bits per heavy atom. The lowest BCUT2D eigenvalue weighted by atomic mass is 10.2. The van der Waals surface area contributed by atoms with Crippen LogP contribution < -0.4 is 10.6 Å². The fourth-order valence-corrected chi connectivity index (χ4v) is 3.61. The maximum absolute atomic E-state index is 12.3. The second kappa shape index (κ2) is 10.4. The van der Waals surface area contributed by atoms with E-state index in [1.54, 1.807) is 36.2 Å². The first kappa shape index (κ1) is 21.3. The molecule has 2 aromatic rings. The molecule has 2 N–H and O–H groups in total. The molecule has 154 valence electrons. The van der Waals surface area contributed by atoms with E-state index in [9.17, 15) is 9.59 Å². The Bertz CT molecular complexity index is 813. The molecule has 2 amide bonds. The van der Waals surface area contributed by atoms with E-state index in [2.05, 4.69) is 27.7 Å². The number of rotatable bonds is 8. The molecule has 1 heterocycles. The van der Waals surface area contributed by atoms with E-state index in [-0.39, 0.29) is 30.9 Å². The number of carbonyl (C=O) groups excluding carboxylic acids is 2. The zero-order valence-corrected chi connectivity index (χ0v) is 17.4. The Morgan fingerprint density at radius 3 is 2.48 bits per heavy atom. The van der Waals surface area contributed by atoms with Crippen LogP contribution in [0.5, 0.6) is 0 Å². The molecule has 0 unspecified atom stereocenters. The smallest absolute Gasteiger partial charge is 0.238 e. The number of nitrogens with one attached hydrogen (secondary N) is 2. The molecule has 1 aliphatic rings. The summed E-state index contributed by atoms with van der Waals surface area (Å²) in [5.41, 5.74) is 1.97. The van der Waals surface area contributed by atoms with Crippen LogP contribution in [0.15, 0.2) is 54.6 Å². The third kappa shape index (κ3) is 7.16. The van der Waals surface area contributed by atoms with Crippen LogP contribution in [0.2, 0.25) is 5.02 Å². The van der Waals surface area contributed by atoms with Crippen molar-refractivity contribution in [2.75, 3.05) is 38.5 Å². The predicted octanol–water partition coefficient (Wildman–Crippen LogP) is 2.60. The van der Waals surface area contributed by atoms with E-state index in [1.165, 1.54) is 5.56 Å². The molecule has 0 bridgehead atoms. The fraction of sp³-hybridized carbons (Fsp3) is 0.364. The minimum absolute atomic E-state index is 0.0571. The van der Waals surface area contributed by atoms with Crippen molar-refractivity contribution in [2.45, 2.75) is 19.0 Å². The van der Waals surface area contributed by atoms with Gasteiger partial charge < -0.3 is 10.6 Å². The minimum Gasteiger partial charge on any atom is -0.351 e. The minimum atomic E-state index is -0.169. The molecule has 0 saturated carbocycles. The van der Waals surface area contributed by atoms with Crippen molar-refractivity contribution in [2.24, 2.45) is 0 Å². The third-order valence-electron chi connectivity index (χ3n) is 4.84. The Morgan fingerprint density at radius 2 is 1.76 bits per heavy atom. The first-order chi connectivity index (χ1) is 14.0. The van der Waals surface area contributed by atoms with Gasteiger partial charge in [-0.15, -0.1) is 0 Å². The van der Waals surface area contributed by atoms with Crippen molar-refractivity contribution in [1.29, 1.82) is 0 Å². The third-order valence-corrected chi connectivity index (χ3v) is 5.09. The van der Waals surface area contributed by atoms with E-state index in [0.29, 0.717) is 10.7 Å². The SMILES string of the molecule is CN(CC(=O)Nc1ccc(Cl)cc1)CC(=O)N[C@@H]1CCN(Cc2ccccc2)C1. The van der Waals surface area contributed by atoms with Crippen molar-refractivity contribution in [3.63, 3.8) is 0 Å². The van der Waals surface area contributed by atoms with Gasteiger partial charge in [-0.25, -0.2) is 0 Å². The number of hydrogen-bond donors (Lipinski definition) is 2. The van der Waals surface area contributed by atoms with Crippen LogP contribution in [0.1, 0.15) is 12.0 Å². The van der Waals surface area contributed by atoms with Crippen molar-refractivity contribution in [3.05, 3.63) is 65.2 Å². The molecule has 0 aliphatic carbocycles. The Kier molecular flexibility index (Phi) is 7.63. The summed E-state index contributed by atoms with van der Waals surface area (Å²) in [5.74, 6) is -0.226. The number of carbonyl (C=O) groups is 2. The number of hydrogen-bond acceptors (Lipinski definition) is 4. The van der Waals surface area contributed by atoms with E-state index < -0.39 is 0 Å². The summed E-state index contributed by atoms with van der Waals surface area (Å²) in [6.07, 6.45) is 0.944. The summed E-state index contributed by atoms with van der Waals surface area (Å²) in [4.78, 5) is 28.5. The lowest BCUT2D eigenvalue weighted by Crippen LogP contribution is -2.43. The van der Waals surface area contributed by atoms with Crippen LogP contribution in [-0.4, -0.2) is 60.9 Å². The number of likely N-dealkylation sites (tertiary alicyclic amines) is 1. The molecule has 0 spiro atoms. The highest BCUT2D eigenvalue weighted by Crippen LogP contribution is 2.14. The van der Waals surface area contributed by atoms with E-state index in [4.69, 9.17) is 11.6 Å². The highest BCUT2D eigenvalue weighted by atomic mass is 35.5. The molecule has 7 heteroatoms. The standard InChI is InChI=1S/C22H27ClN4O2/c1-26(15-21(28)24-19-9-7-18(23)8-10-19)16-22(29)25-20-11-12-27(14-20)13-17-5-3-2-4-6-17/h2-10,20H,11-16H2,1H3,(H,24,28)(H,25,29)/t20-/m1/s1. The van der Waals surface area contributed by atoms with Crippen LogP contribution in [0, 0.1) is 0 Å². The monoisotopic (exact) mass is 414 g/mol. The molecule has 2 aromatic carbocycles. The molecule has 1 aliphatic heterocycles. The van der Waals surface area contributed by atoms with E-state index in [0.717, 1.165) is 26.1 Å². The molecule has 1 fully saturated rings. The maximum Gasteiger partial charge on any atom is 0.238 e. The van der Waals surface area contributed by atoms with Gasteiger partial charge in [0.25, 0.3) is 0 Å². The lowest BCUT2D eigenvalue weighted by Gasteiger charge is -2.19. The van der Waals surface area contributed by atoms with Crippen molar-refractivity contribution in [1.82, 2.24) is 15.1 Å². The largest absolute Gasteiger partial charge is 0.351 e. The summed E-state index contributed by atoms with van der Waals surface area (Å²) in [6.45, 7) is 3.04. The molecule has 0 radical (unpaired) electrons. The molecule has 3 rings (SSSR count). The van der Waals surface area contributed by atoms with E-state index in [1.807, 2.05) is 18.2 Å². The van der Waals surface area contributed by atoms with Crippen LogP contribution in [0.25, 0.3) is 0 Å². The molecule has 6 nitrogen and oxygen atoms in total. The van der Waals surface area contributed by atoms with Crippen LogP contribution in [0.4, 0.5) is 5.69 Å². The van der Waals surface area contributed by atoms with Crippen LogP contribution in [0.3, 0.4) is 0 Å². The molecular weight excluding hydrogens is 388 g/mol. The number of likely N-dealkylation sites (N-methyl/N-ethyl adjacent to an activating group) is 1. The first-order valence-electron chi connectivity index (χ1n) is 9.77. The summed E-state index contributed by atoms with van der Waals surface area (Å²) in [7, 11) is 1.76. The summed E-state index contributed by atoms with van der Waals surface area (Å²) < 4.78 is 0. The van der Waals surface area contributed by atoms with Crippen LogP contribution >= 0.6 is 11.6 Å². The average molecular weight is 415 g/mol. The molecule has 1 saturated heterocycles. The van der Waals surface area contributed by atoms with E-state index >= 15 is 0 Å². The zero-order valence-electron chi connectivity index (χ0n) is 16.6. The highest BCUT2D eigenvalue weighted by molar-refractivity contribution is 6.30. The van der Waals surface area contributed by atoms with Gasteiger partial charge in [0, 0.05) is 36.4 Å². The number of benzene rings is 2. The van der Waals surface area contributed by atoms with Crippen molar-refractivity contribution in [3.8, 4) is 0 Å². The number of anilines is 1. The Balaban J connectivity index is 1.36. The van der Waals surface area contributed by atoms with Crippen molar-refractivity contribution < 1.29 is 9.59 Å². The Labute approximate surface area is 176 Å². The Hall–Kier alpha value is -2.41. The zero-order chi connectivity index (χ0) is 20.6. The van der Waals surface area contributed by atoms with Gasteiger partial charge in [0.15, 0.2) is 0 Å². The normalized spacial score (nSPS) is 16.7. The molecule has 1 atom stereocenters.